The van der Waals surface area contributed by atoms with Gasteiger partial charge in [-0.1, -0.05) is 26.0 Å². The van der Waals surface area contributed by atoms with Crippen LogP contribution in [0.15, 0.2) is 30.3 Å². The summed E-state index contributed by atoms with van der Waals surface area (Å²) in [5.41, 5.74) is 1.55. The number of amides is 3. The van der Waals surface area contributed by atoms with Gasteiger partial charge in [0.05, 0.1) is 0 Å². The van der Waals surface area contributed by atoms with Crippen molar-refractivity contribution < 1.29 is 14.4 Å². The Bertz CT molecular complexity index is 650. The predicted molar refractivity (Wildman–Crippen MR) is 93.1 cm³/mol. The summed E-state index contributed by atoms with van der Waals surface area (Å²) in [5.74, 6) is -0.344. The molecule has 0 radical (unpaired) electrons. The summed E-state index contributed by atoms with van der Waals surface area (Å²) in [5, 5.41) is 5.49. The molecule has 6 heteroatoms. The Kier molecular flexibility index (Phi) is 5.73. The fraction of sp³-hybridized carbons (Fsp3) is 0.389. The molecule has 1 saturated heterocycles. The first-order valence-electron chi connectivity index (χ1n) is 8.02. The van der Waals surface area contributed by atoms with Crippen LogP contribution in [0.3, 0.4) is 0 Å². The number of anilines is 1. The van der Waals surface area contributed by atoms with E-state index < -0.39 is 6.04 Å². The predicted octanol–water partition coefficient (Wildman–Crippen LogP) is 1.64. The van der Waals surface area contributed by atoms with Crippen LogP contribution in [0.2, 0.25) is 0 Å². The Morgan fingerprint density at radius 3 is 2.54 bits per heavy atom. The summed E-state index contributed by atoms with van der Waals surface area (Å²) in [6, 6.07) is 6.75. The standard InChI is InChI=1S/C18H23N3O3/c1-12(2)17-18(24)19-10-11-21(17)16(23)9-6-14-4-7-15(8-5-14)20-13(3)22/h4-9,12,17H,10-11H2,1-3H3,(H,19,24)(H,20,22). The third-order valence-electron chi connectivity index (χ3n) is 3.82. The Labute approximate surface area is 141 Å². The van der Waals surface area contributed by atoms with E-state index in [4.69, 9.17) is 0 Å². The Balaban J connectivity index is 2.06. The molecule has 0 bridgehead atoms. The Morgan fingerprint density at radius 2 is 1.96 bits per heavy atom. The van der Waals surface area contributed by atoms with Crippen molar-refractivity contribution in [3.63, 3.8) is 0 Å². The topological polar surface area (TPSA) is 78.5 Å². The number of piperazine rings is 1. The van der Waals surface area contributed by atoms with Gasteiger partial charge in [-0.2, -0.15) is 0 Å². The van der Waals surface area contributed by atoms with Crippen molar-refractivity contribution >= 4 is 29.5 Å². The first-order chi connectivity index (χ1) is 11.4. The van der Waals surface area contributed by atoms with Crippen LogP contribution in [0.5, 0.6) is 0 Å². The van der Waals surface area contributed by atoms with E-state index in [2.05, 4.69) is 10.6 Å². The van der Waals surface area contributed by atoms with Crippen molar-refractivity contribution in [1.29, 1.82) is 0 Å². The SMILES string of the molecule is CC(=O)Nc1ccc(C=CC(=O)N2CCNC(=O)C2C(C)C)cc1. The molecule has 1 heterocycles. The molecule has 1 aromatic rings. The maximum Gasteiger partial charge on any atom is 0.247 e. The van der Waals surface area contributed by atoms with Crippen LogP contribution in [0.25, 0.3) is 6.08 Å². The molecule has 24 heavy (non-hydrogen) atoms. The number of hydrogen-bond donors (Lipinski definition) is 2. The zero-order chi connectivity index (χ0) is 17.7. The van der Waals surface area contributed by atoms with Crippen molar-refractivity contribution in [1.82, 2.24) is 10.2 Å². The van der Waals surface area contributed by atoms with Gasteiger partial charge in [0.25, 0.3) is 0 Å². The summed E-state index contributed by atoms with van der Waals surface area (Å²) in [4.78, 5) is 37.0. The van der Waals surface area contributed by atoms with E-state index in [9.17, 15) is 14.4 Å². The lowest BCUT2D eigenvalue weighted by Crippen LogP contribution is -2.58. The van der Waals surface area contributed by atoms with Gasteiger partial charge in [0.1, 0.15) is 6.04 Å². The van der Waals surface area contributed by atoms with Crippen LogP contribution in [0.4, 0.5) is 5.69 Å². The largest absolute Gasteiger partial charge is 0.353 e. The summed E-state index contributed by atoms with van der Waals surface area (Å²) in [7, 11) is 0. The lowest BCUT2D eigenvalue weighted by Gasteiger charge is -2.36. The van der Waals surface area contributed by atoms with Crippen LogP contribution in [0, 0.1) is 5.92 Å². The quantitative estimate of drug-likeness (QED) is 0.824. The highest BCUT2D eigenvalue weighted by Gasteiger charge is 2.34. The molecule has 1 fully saturated rings. The summed E-state index contributed by atoms with van der Waals surface area (Å²) >= 11 is 0. The van der Waals surface area contributed by atoms with E-state index in [1.807, 2.05) is 26.0 Å². The van der Waals surface area contributed by atoms with Gasteiger partial charge < -0.3 is 15.5 Å². The molecule has 0 spiro atoms. The van der Waals surface area contributed by atoms with E-state index in [1.165, 1.54) is 13.0 Å². The maximum absolute atomic E-state index is 12.4. The minimum atomic E-state index is -0.432. The molecule has 1 aromatic carbocycles. The molecule has 0 saturated carbocycles. The molecular formula is C18H23N3O3. The second-order valence-electron chi connectivity index (χ2n) is 6.15. The zero-order valence-corrected chi connectivity index (χ0v) is 14.2. The number of nitrogens with zero attached hydrogens (tertiary/aromatic N) is 1. The fourth-order valence-electron chi connectivity index (χ4n) is 2.74. The van der Waals surface area contributed by atoms with Crippen molar-refractivity contribution in [2.24, 2.45) is 5.92 Å². The van der Waals surface area contributed by atoms with E-state index in [1.54, 1.807) is 23.1 Å². The summed E-state index contributed by atoms with van der Waals surface area (Å²) in [6.45, 7) is 6.30. The van der Waals surface area contributed by atoms with Crippen LogP contribution in [-0.4, -0.2) is 41.8 Å². The highest BCUT2D eigenvalue weighted by atomic mass is 16.2. The van der Waals surface area contributed by atoms with Gasteiger partial charge in [-0.15, -0.1) is 0 Å². The van der Waals surface area contributed by atoms with Crippen molar-refractivity contribution in [3.05, 3.63) is 35.9 Å². The lowest BCUT2D eigenvalue weighted by atomic mass is 9.99. The molecule has 1 atom stereocenters. The van der Waals surface area contributed by atoms with Crippen molar-refractivity contribution in [2.45, 2.75) is 26.8 Å². The Morgan fingerprint density at radius 1 is 1.29 bits per heavy atom. The van der Waals surface area contributed by atoms with Gasteiger partial charge in [-0.05, 0) is 29.7 Å². The van der Waals surface area contributed by atoms with Gasteiger partial charge in [-0.3, -0.25) is 14.4 Å². The first-order valence-corrected chi connectivity index (χ1v) is 8.02. The van der Waals surface area contributed by atoms with Gasteiger partial charge in [0.2, 0.25) is 17.7 Å². The van der Waals surface area contributed by atoms with E-state index in [0.717, 1.165) is 5.56 Å². The molecule has 2 N–H and O–H groups in total. The molecule has 128 valence electrons. The van der Waals surface area contributed by atoms with Crippen LogP contribution in [0.1, 0.15) is 26.3 Å². The molecule has 6 nitrogen and oxygen atoms in total. The number of carbonyl (C=O) groups is 3. The summed E-state index contributed by atoms with van der Waals surface area (Å²) in [6.07, 6.45) is 3.20. The number of hydrogen-bond acceptors (Lipinski definition) is 3. The van der Waals surface area contributed by atoms with Crippen LogP contribution >= 0.6 is 0 Å². The van der Waals surface area contributed by atoms with Crippen LogP contribution in [-0.2, 0) is 14.4 Å². The molecule has 3 amide bonds. The zero-order valence-electron chi connectivity index (χ0n) is 14.2. The van der Waals surface area contributed by atoms with Gasteiger partial charge in [0.15, 0.2) is 0 Å². The third kappa shape index (κ3) is 4.44. The average molecular weight is 329 g/mol. The second-order valence-corrected chi connectivity index (χ2v) is 6.15. The van der Waals surface area contributed by atoms with Crippen LogP contribution < -0.4 is 10.6 Å². The Hall–Kier alpha value is -2.63. The summed E-state index contributed by atoms with van der Waals surface area (Å²) < 4.78 is 0. The van der Waals surface area contributed by atoms with Gasteiger partial charge >= 0.3 is 0 Å². The molecule has 1 unspecified atom stereocenters. The number of benzene rings is 1. The second kappa shape index (κ2) is 7.77. The fourth-order valence-corrected chi connectivity index (χ4v) is 2.74. The maximum atomic E-state index is 12.4. The van der Waals surface area contributed by atoms with E-state index >= 15 is 0 Å². The molecule has 1 aliphatic rings. The molecule has 2 rings (SSSR count). The van der Waals surface area contributed by atoms with E-state index in [0.29, 0.717) is 18.8 Å². The van der Waals surface area contributed by atoms with Crippen molar-refractivity contribution in [3.8, 4) is 0 Å². The van der Waals surface area contributed by atoms with Gasteiger partial charge in [-0.25, -0.2) is 0 Å². The van der Waals surface area contributed by atoms with E-state index in [-0.39, 0.29) is 23.6 Å². The minimum absolute atomic E-state index is 0.0552. The smallest absolute Gasteiger partial charge is 0.247 e. The van der Waals surface area contributed by atoms with Gasteiger partial charge in [0, 0.05) is 31.8 Å². The molecular weight excluding hydrogens is 306 g/mol. The van der Waals surface area contributed by atoms with Crippen molar-refractivity contribution in [2.75, 3.05) is 18.4 Å². The first kappa shape index (κ1) is 17.7. The number of carbonyl (C=O) groups excluding carboxylic acids is 3. The lowest BCUT2D eigenvalue weighted by molar-refractivity contribution is -0.141. The highest BCUT2D eigenvalue weighted by molar-refractivity contribution is 5.96. The minimum Gasteiger partial charge on any atom is -0.353 e. The molecule has 1 aliphatic heterocycles. The molecule has 0 aliphatic carbocycles. The molecule has 0 aromatic heterocycles. The average Bonchev–Trinajstić information content (AvgIpc) is 2.52. The number of nitrogens with one attached hydrogen (secondary N) is 2. The monoisotopic (exact) mass is 329 g/mol. The number of rotatable bonds is 4. The third-order valence-corrected chi connectivity index (χ3v) is 3.82. The highest BCUT2D eigenvalue weighted by Crippen LogP contribution is 2.16. The normalized spacial score (nSPS) is 17.9.